The van der Waals surface area contributed by atoms with Crippen LogP contribution in [0.4, 0.5) is 17.3 Å². The van der Waals surface area contributed by atoms with Crippen LogP contribution in [0.25, 0.3) is 11.8 Å². The Kier molecular flexibility index (Phi) is 4.75. The number of nitrogens with one attached hydrogen (secondary N) is 2. The molecule has 12 heteroatoms. The number of aromatic amines is 2. The predicted molar refractivity (Wildman–Crippen MR) is 116 cm³/mol. The lowest BCUT2D eigenvalue weighted by atomic mass is 10.0. The molecular weight excluding hydrogens is 433 g/mol. The Balaban J connectivity index is 1.80. The van der Waals surface area contributed by atoms with Gasteiger partial charge in [0.2, 0.25) is 11.7 Å². The van der Waals surface area contributed by atoms with Crippen LogP contribution in [0.2, 0.25) is 5.02 Å². The molecule has 4 rings (SSSR count). The van der Waals surface area contributed by atoms with E-state index in [1.165, 1.54) is 16.6 Å². The number of hydrogen-bond donors (Lipinski definition) is 4. The van der Waals surface area contributed by atoms with Crippen molar-refractivity contribution in [3.63, 3.8) is 0 Å². The molecule has 0 radical (unpaired) electrons. The molecule has 3 heterocycles. The molecule has 30 heavy (non-hydrogen) atoms. The lowest BCUT2D eigenvalue weighted by Gasteiger charge is -2.10. The molecule has 0 aliphatic carbocycles. The molecule has 0 bridgehead atoms. The summed E-state index contributed by atoms with van der Waals surface area (Å²) < 4.78 is 8.00. The van der Waals surface area contributed by atoms with Crippen molar-refractivity contribution in [2.75, 3.05) is 15.9 Å². The molecule has 1 aliphatic rings. The third kappa shape index (κ3) is 3.19. The molecule has 2 aromatic heterocycles. The van der Waals surface area contributed by atoms with Crippen LogP contribution in [0, 0.1) is 0 Å². The van der Waals surface area contributed by atoms with Gasteiger partial charge in [-0.05, 0) is 23.6 Å². The topological polar surface area (TPSA) is 148 Å². The van der Waals surface area contributed by atoms with Crippen LogP contribution >= 0.6 is 23.4 Å². The Morgan fingerprint density at radius 3 is 2.70 bits per heavy atom. The molecule has 0 fully saturated rings. The van der Waals surface area contributed by atoms with Gasteiger partial charge in [-0.15, -0.1) is 5.10 Å². The number of halogens is 2. The summed E-state index contributed by atoms with van der Waals surface area (Å²) in [5.74, 6) is 0.904. The highest BCUT2D eigenvalue weighted by atomic mass is 35.5. The van der Waals surface area contributed by atoms with E-state index in [9.17, 15) is 9.59 Å². The van der Waals surface area contributed by atoms with E-state index in [0.29, 0.717) is 17.3 Å². The highest BCUT2D eigenvalue weighted by Crippen LogP contribution is 2.47. The molecule has 6 N–H and O–H groups in total. The number of fused-ring (bicyclic) bond motifs is 1. The Hall–Kier alpha value is -3.37. The number of H-pyrrole nitrogens is 2. The van der Waals surface area contributed by atoms with Crippen LogP contribution in [0.1, 0.15) is 30.9 Å². The maximum absolute atomic E-state index is 12.1. The standard InChI is InChI=1S/C18H17Cl2N7O3/c1-7(2)10-6-23-15(21)9(10)5-13-26(20)12-4-8(3-11(19)14(12)30-13)27-18(29)24-17(28)16(22)25-27/h3-7,23H,21H2,1-2H3,(H2,22,25)(H,24,28,29)/b13-5+. The van der Waals surface area contributed by atoms with Crippen molar-refractivity contribution >= 4 is 46.8 Å². The molecule has 1 aliphatic heterocycles. The van der Waals surface area contributed by atoms with Crippen molar-refractivity contribution in [3.05, 3.63) is 61.2 Å². The minimum atomic E-state index is -0.777. The Morgan fingerprint density at radius 2 is 2.00 bits per heavy atom. The maximum Gasteiger partial charge on any atom is 0.349 e. The van der Waals surface area contributed by atoms with E-state index in [2.05, 4.69) is 15.1 Å². The third-order valence-electron chi connectivity index (χ3n) is 4.59. The molecule has 0 amide bonds. The first-order chi connectivity index (χ1) is 14.2. The lowest BCUT2D eigenvalue weighted by molar-refractivity contribution is 0.455. The lowest BCUT2D eigenvalue weighted by Crippen LogP contribution is -2.33. The molecule has 0 spiro atoms. The normalized spacial score (nSPS) is 14.4. The number of nitrogen functional groups attached to an aromatic ring is 2. The molecule has 1 aromatic carbocycles. The molecule has 0 saturated heterocycles. The van der Waals surface area contributed by atoms with Crippen LogP contribution in [0.15, 0.2) is 33.8 Å². The molecule has 10 nitrogen and oxygen atoms in total. The number of aromatic nitrogens is 4. The number of ether oxygens (including phenoxy) is 1. The van der Waals surface area contributed by atoms with Crippen molar-refractivity contribution in [1.29, 1.82) is 0 Å². The van der Waals surface area contributed by atoms with Gasteiger partial charge in [-0.1, -0.05) is 25.4 Å². The monoisotopic (exact) mass is 449 g/mol. The fourth-order valence-corrected chi connectivity index (χ4v) is 3.56. The first-order valence-electron chi connectivity index (χ1n) is 8.82. The molecule has 0 atom stereocenters. The highest BCUT2D eigenvalue weighted by Gasteiger charge is 2.30. The molecule has 3 aromatic rings. The van der Waals surface area contributed by atoms with Gasteiger partial charge in [0, 0.05) is 29.6 Å². The van der Waals surface area contributed by atoms with E-state index in [-0.39, 0.29) is 28.3 Å². The number of nitrogens with zero attached hydrogens (tertiary/aromatic N) is 3. The highest BCUT2D eigenvalue weighted by molar-refractivity contribution is 6.34. The second kappa shape index (κ2) is 7.15. The Labute approximate surface area is 179 Å². The second-order valence-electron chi connectivity index (χ2n) is 6.92. The van der Waals surface area contributed by atoms with Crippen LogP contribution in [-0.2, 0) is 0 Å². The van der Waals surface area contributed by atoms with Crippen LogP contribution in [0.3, 0.4) is 0 Å². The van der Waals surface area contributed by atoms with Crippen molar-refractivity contribution in [1.82, 2.24) is 19.7 Å². The maximum atomic E-state index is 12.1. The average molecular weight is 450 g/mol. The summed E-state index contributed by atoms with van der Waals surface area (Å²) in [7, 11) is 0. The minimum Gasteiger partial charge on any atom is -0.436 e. The van der Waals surface area contributed by atoms with Gasteiger partial charge in [0.1, 0.15) is 11.5 Å². The summed E-state index contributed by atoms with van der Waals surface area (Å²) in [5.41, 5.74) is 12.4. The van der Waals surface area contributed by atoms with Gasteiger partial charge in [0.25, 0.3) is 5.56 Å². The molecule has 0 saturated carbocycles. The zero-order valence-corrected chi connectivity index (χ0v) is 17.4. The fraction of sp³-hybridized carbons (Fsp3) is 0.167. The second-order valence-corrected chi connectivity index (χ2v) is 7.67. The smallest absolute Gasteiger partial charge is 0.349 e. The zero-order chi connectivity index (χ0) is 21.7. The summed E-state index contributed by atoms with van der Waals surface area (Å²) >= 11 is 12.8. The predicted octanol–water partition coefficient (Wildman–Crippen LogP) is 2.54. The van der Waals surface area contributed by atoms with Crippen molar-refractivity contribution in [2.24, 2.45) is 0 Å². The molecule has 156 valence electrons. The minimum absolute atomic E-state index is 0.182. The van der Waals surface area contributed by atoms with Gasteiger partial charge in [-0.25, -0.2) is 9.21 Å². The quantitative estimate of drug-likeness (QED) is 0.448. The summed E-state index contributed by atoms with van der Waals surface area (Å²) in [4.78, 5) is 28.7. The van der Waals surface area contributed by atoms with Gasteiger partial charge >= 0.3 is 5.69 Å². The summed E-state index contributed by atoms with van der Waals surface area (Å²) in [6.07, 6.45) is 3.53. The third-order valence-corrected chi connectivity index (χ3v) is 5.22. The summed E-state index contributed by atoms with van der Waals surface area (Å²) in [6, 6.07) is 2.98. The zero-order valence-electron chi connectivity index (χ0n) is 15.9. The van der Waals surface area contributed by atoms with E-state index in [1.807, 2.05) is 20.0 Å². The number of anilines is 3. The largest absolute Gasteiger partial charge is 0.436 e. The van der Waals surface area contributed by atoms with E-state index in [1.54, 1.807) is 6.08 Å². The summed E-state index contributed by atoms with van der Waals surface area (Å²) in [6.45, 7) is 4.08. The van der Waals surface area contributed by atoms with Gasteiger partial charge in [0.05, 0.1) is 10.7 Å². The van der Waals surface area contributed by atoms with Crippen molar-refractivity contribution in [3.8, 4) is 11.4 Å². The number of nitrogens with two attached hydrogens (primary N) is 2. The van der Waals surface area contributed by atoms with Crippen LogP contribution in [-0.4, -0.2) is 19.7 Å². The fourth-order valence-electron chi connectivity index (χ4n) is 3.10. The molecular formula is C18H17Cl2N7O3. The van der Waals surface area contributed by atoms with Gasteiger partial charge in [-0.3, -0.25) is 9.78 Å². The van der Waals surface area contributed by atoms with E-state index >= 15 is 0 Å². The number of rotatable bonds is 3. The number of hydrogen-bond acceptors (Lipinski definition) is 7. The van der Waals surface area contributed by atoms with Crippen molar-refractivity contribution < 1.29 is 4.74 Å². The van der Waals surface area contributed by atoms with E-state index in [0.717, 1.165) is 15.8 Å². The first-order valence-corrected chi connectivity index (χ1v) is 9.54. The molecule has 0 unspecified atom stereocenters. The number of benzene rings is 1. The summed E-state index contributed by atoms with van der Waals surface area (Å²) in [5, 5.41) is 3.98. The van der Waals surface area contributed by atoms with Gasteiger partial charge in [-0.2, -0.15) is 4.68 Å². The Bertz CT molecular complexity index is 1310. The SMILES string of the molecule is CC(C)c1c[nH]c(N)c1/C=C1/Oc2c(Cl)cc(-n3nc(N)c(=O)[nH]c3=O)cc2N1Cl. The van der Waals surface area contributed by atoms with E-state index in [4.69, 9.17) is 39.6 Å². The van der Waals surface area contributed by atoms with E-state index < -0.39 is 11.2 Å². The average Bonchev–Trinajstić information content (AvgIpc) is 3.20. The first kappa shape index (κ1) is 19.9. The van der Waals surface area contributed by atoms with Crippen LogP contribution in [0.5, 0.6) is 5.75 Å². The van der Waals surface area contributed by atoms with Crippen molar-refractivity contribution in [2.45, 2.75) is 19.8 Å². The Morgan fingerprint density at radius 1 is 1.27 bits per heavy atom. The van der Waals surface area contributed by atoms with Gasteiger partial charge < -0.3 is 21.2 Å². The van der Waals surface area contributed by atoms with Gasteiger partial charge in [0.15, 0.2) is 5.75 Å². The van der Waals surface area contributed by atoms with Crippen LogP contribution < -0.4 is 31.9 Å².